The molecule has 7 nitrogen and oxygen atoms in total. The van der Waals surface area contributed by atoms with Crippen LogP contribution in [-0.4, -0.2) is 43.6 Å². The lowest BCUT2D eigenvalue weighted by Crippen LogP contribution is -2.38. The number of carbonyl (C=O) groups excluding carboxylic acids is 1. The van der Waals surface area contributed by atoms with E-state index >= 15 is 0 Å². The standard InChI is InChI=1S/C13H13ClN4O3/c1-20-10-4-3-8(5-11(10)21-2)6-15-17-9-7-16-18-13(19)12(9)14/h3-7,12H,1-2H3,(H,18,19)/b15-6+,17-9-. The summed E-state index contributed by atoms with van der Waals surface area (Å²) in [6.07, 6.45) is 2.87. The molecule has 0 aliphatic carbocycles. The summed E-state index contributed by atoms with van der Waals surface area (Å²) in [7, 11) is 3.11. The minimum absolute atomic E-state index is 0.275. The first kappa shape index (κ1) is 15.0. The minimum Gasteiger partial charge on any atom is -0.493 e. The lowest BCUT2D eigenvalue weighted by atomic mass is 10.2. The van der Waals surface area contributed by atoms with Crippen molar-refractivity contribution in [2.75, 3.05) is 14.2 Å². The molecule has 21 heavy (non-hydrogen) atoms. The zero-order valence-electron chi connectivity index (χ0n) is 11.4. The van der Waals surface area contributed by atoms with Crippen LogP contribution < -0.4 is 14.9 Å². The van der Waals surface area contributed by atoms with Crippen molar-refractivity contribution in [3.63, 3.8) is 0 Å². The lowest BCUT2D eigenvalue weighted by Gasteiger charge is -2.10. The van der Waals surface area contributed by atoms with Crippen LogP contribution in [-0.2, 0) is 4.79 Å². The number of methoxy groups -OCH3 is 2. The van der Waals surface area contributed by atoms with Gasteiger partial charge in [-0.2, -0.15) is 15.3 Å². The van der Waals surface area contributed by atoms with Crippen LogP contribution in [0.3, 0.4) is 0 Å². The Morgan fingerprint density at radius 3 is 2.81 bits per heavy atom. The molecule has 0 bridgehead atoms. The molecular weight excluding hydrogens is 296 g/mol. The summed E-state index contributed by atoms with van der Waals surface area (Å²) in [5.74, 6) is 0.778. The number of benzene rings is 1. The van der Waals surface area contributed by atoms with Crippen LogP contribution in [0.4, 0.5) is 0 Å². The average Bonchev–Trinajstić information content (AvgIpc) is 2.51. The van der Waals surface area contributed by atoms with E-state index in [1.54, 1.807) is 32.4 Å². The van der Waals surface area contributed by atoms with E-state index in [-0.39, 0.29) is 5.71 Å². The molecule has 0 saturated carbocycles. The highest BCUT2D eigenvalue weighted by Gasteiger charge is 2.23. The van der Waals surface area contributed by atoms with Crippen molar-refractivity contribution in [2.24, 2.45) is 15.3 Å². The number of halogens is 1. The van der Waals surface area contributed by atoms with Gasteiger partial charge in [-0.3, -0.25) is 4.79 Å². The number of ether oxygens (including phenoxy) is 2. The number of hydrogen-bond acceptors (Lipinski definition) is 6. The number of nitrogens with zero attached hydrogens (tertiary/aromatic N) is 3. The van der Waals surface area contributed by atoms with Crippen LogP contribution in [0.15, 0.2) is 33.5 Å². The molecular formula is C13H13ClN4O3. The van der Waals surface area contributed by atoms with Crippen LogP contribution in [0.25, 0.3) is 0 Å². The van der Waals surface area contributed by atoms with Crippen molar-refractivity contribution in [1.82, 2.24) is 5.43 Å². The maximum atomic E-state index is 11.3. The molecule has 0 aromatic heterocycles. The molecule has 2 rings (SSSR count). The molecule has 1 aliphatic rings. The van der Waals surface area contributed by atoms with Gasteiger partial charge in [-0.05, 0) is 23.8 Å². The number of rotatable bonds is 4. The number of nitrogens with one attached hydrogen (secondary N) is 1. The van der Waals surface area contributed by atoms with Crippen LogP contribution in [0.2, 0.25) is 0 Å². The maximum Gasteiger partial charge on any atom is 0.264 e. The van der Waals surface area contributed by atoms with E-state index in [9.17, 15) is 4.79 Å². The molecule has 0 saturated heterocycles. The number of carbonyl (C=O) groups is 1. The summed E-state index contributed by atoms with van der Waals surface area (Å²) in [5.41, 5.74) is 3.27. The van der Waals surface area contributed by atoms with Crippen LogP contribution in [0.1, 0.15) is 5.56 Å². The fraction of sp³-hybridized carbons (Fsp3) is 0.231. The van der Waals surface area contributed by atoms with Crippen LogP contribution in [0.5, 0.6) is 11.5 Å². The van der Waals surface area contributed by atoms with Gasteiger partial charge >= 0.3 is 0 Å². The van der Waals surface area contributed by atoms with Gasteiger partial charge in [-0.1, -0.05) is 0 Å². The van der Waals surface area contributed by atoms with Gasteiger partial charge in [0, 0.05) is 0 Å². The zero-order valence-corrected chi connectivity index (χ0v) is 12.2. The normalized spacial score (nSPS) is 19.9. The molecule has 0 spiro atoms. The van der Waals surface area contributed by atoms with Gasteiger partial charge in [0.1, 0.15) is 5.71 Å². The summed E-state index contributed by atoms with van der Waals surface area (Å²) in [5, 5.41) is 10.5. The quantitative estimate of drug-likeness (QED) is 0.515. The van der Waals surface area contributed by atoms with E-state index in [1.165, 1.54) is 12.4 Å². The second-order valence-electron chi connectivity index (χ2n) is 3.98. The molecule has 1 aliphatic heterocycles. The summed E-state index contributed by atoms with van der Waals surface area (Å²) < 4.78 is 10.3. The monoisotopic (exact) mass is 308 g/mol. The molecule has 0 radical (unpaired) electrons. The average molecular weight is 309 g/mol. The first-order valence-electron chi connectivity index (χ1n) is 5.95. The Hall–Kier alpha value is -2.41. The third-order valence-electron chi connectivity index (χ3n) is 2.65. The summed E-state index contributed by atoms with van der Waals surface area (Å²) in [6.45, 7) is 0. The predicted molar refractivity (Wildman–Crippen MR) is 80.9 cm³/mol. The summed E-state index contributed by atoms with van der Waals surface area (Å²) in [6, 6.07) is 5.31. The Kier molecular flexibility index (Phi) is 4.89. The van der Waals surface area contributed by atoms with E-state index < -0.39 is 11.3 Å². The second kappa shape index (κ2) is 6.85. The Morgan fingerprint density at radius 2 is 2.10 bits per heavy atom. The summed E-state index contributed by atoms with van der Waals surface area (Å²) in [4.78, 5) is 11.3. The summed E-state index contributed by atoms with van der Waals surface area (Å²) >= 11 is 5.86. The van der Waals surface area contributed by atoms with Gasteiger partial charge in [0.05, 0.1) is 26.6 Å². The number of hydrazone groups is 1. The maximum absolute atomic E-state index is 11.3. The second-order valence-corrected chi connectivity index (χ2v) is 4.42. The van der Waals surface area contributed by atoms with Gasteiger partial charge in [-0.25, -0.2) is 5.43 Å². The number of amides is 1. The zero-order chi connectivity index (χ0) is 15.2. The van der Waals surface area contributed by atoms with Crippen molar-refractivity contribution in [3.8, 4) is 11.5 Å². The molecule has 1 heterocycles. The smallest absolute Gasteiger partial charge is 0.264 e. The Bertz CT molecular complexity index is 628. The fourth-order valence-electron chi connectivity index (χ4n) is 1.59. The van der Waals surface area contributed by atoms with Crippen molar-refractivity contribution in [3.05, 3.63) is 23.8 Å². The van der Waals surface area contributed by atoms with E-state index in [1.807, 2.05) is 0 Å². The third-order valence-corrected chi connectivity index (χ3v) is 3.07. The first-order chi connectivity index (χ1) is 10.2. The van der Waals surface area contributed by atoms with E-state index in [0.29, 0.717) is 11.5 Å². The van der Waals surface area contributed by atoms with E-state index in [2.05, 4.69) is 20.7 Å². The molecule has 1 aromatic carbocycles. The Balaban J connectivity index is 2.16. The minimum atomic E-state index is -0.898. The van der Waals surface area contributed by atoms with Crippen molar-refractivity contribution < 1.29 is 14.3 Å². The van der Waals surface area contributed by atoms with Gasteiger partial charge in [0.15, 0.2) is 16.9 Å². The molecule has 1 aromatic rings. The Labute approximate surface area is 126 Å². The molecule has 110 valence electrons. The molecule has 1 amide bonds. The molecule has 1 atom stereocenters. The van der Waals surface area contributed by atoms with Crippen molar-refractivity contribution >= 4 is 35.6 Å². The van der Waals surface area contributed by atoms with Crippen molar-refractivity contribution in [1.29, 1.82) is 0 Å². The molecule has 1 N–H and O–H groups in total. The van der Waals surface area contributed by atoms with Gasteiger partial charge in [0.2, 0.25) is 0 Å². The van der Waals surface area contributed by atoms with Crippen molar-refractivity contribution in [2.45, 2.75) is 5.38 Å². The van der Waals surface area contributed by atoms with Crippen LogP contribution in [0, 0.1) is 0 Å². The topological polar surface area (TPSA) is 84.6 Å². The largest absolute Gasteiger partial charge is 0.493 e. The molecule has 0 fully saturated rings. The fourth-order valence-corrected chi connectivity index (χ4v) is 1.74. The third kappa shape index (κ3) is 3.57. The lowest BCUT2D eigenvalue weighted by molar-refractivity contribution is -0.119. The molecule has 1 unspecified atom stereocenters. The number of hydrogen-bond donors (Lipinski definition) is 1. The van der Waals surface area contributed by atoms with E-state index in [4.69, 9.17) is 21.1 Å². The SMILES string of the molecule is COc1ccc(/C=N/N=C2/C=NNC(=O)C2Cl)cc1OC. The van der Waals surface area contributed by atoms with Gasteiger partial charge in [-0.15, -0.1) is 11.6 Å². The van der Waals surface area contributed by atoms with Crippen LogP contribution >= 0.6 is 11.6 Å². The molecule has 8 heteroatoms. The van der Waals surface area contributed by atoms with E-state index in [0.717, 1.165) is 5.56 Å². The predicted octanol–water partition coefficient (Wildman–Crippen LogP) is 1.20. The van der Waals surface area contributed by atoms with Gasteiger partial charge < -0.3 is 9.47 Å². The Morgan fingerprint density at radius 1 is 1.33 bits per heavy atom. The van der Waals surface area contributed by atoms with Gasteiger partial charge in [0.25, 0.3) is 5.91 Å². The highest BCUT2D eigenvalue weighted by Crippen LogP contribution is 2.26. The highest BCUT2D eigenvalue weighted by molar-refractivity contribution is 6.54. The first-order valence-corrected chi connectivity index (χ1v) is 6.39. The number of alkyl halides is 1. The highest BCUT2D eigenvalue weighted by atomic mass is 35.5.